The molecule has 1 spiro atoms. The number of fused-ring (bicyclic) bond motifs is 3. The quantitative estimate of drug-likeness (QED) is 0.191. The van der Waals surface area contributed by atoms with Crippen LogP contribution in [0.2, 0.25) is 5.02 Å². The lowest BCUT2D eigenvalue weighted by molar-refractivity contribution is -0.132. The highest BCUT2D eigenvalue weighted by atomic mass is 35.5. The Bertz CT molecular complexity index is 1810. The van der Waals surface area contributed by atoms with Crippen LogP contribution in [-0.4, -0.2) is 80.8 Å². The highest BCUT2D eigenvalue weighted by Gasteiger charge is 2.44. The van der Waals surface area contributed by atoms with E-state index in [-0.39, 0.29) is 28.8 Å². The van der Waals surface area contributed by atoms with Crippen LogP contribution in [0.4, 0.5) is 5.69 Å². The number of amides is 1. The van der Waals surface area contributed by atoms with Crippen molar-refractivity contribution in [3.05, 3.63) is 76.6 Å². The molecule has 1 aromatic heterocycles. The van der Waals surface area contributed by atoms with Crippen molar-refractivity contribution in [2.75, 3.05) is 45.3 Å². The number of aryl methyl sites for hydroxylation is 1. The maximum absolute atomic E-state index is 13.4. The standard InChI is InChI=1S/C37H45ClN4O6S/c1-24(25(2)49(45,46)36-39-15-6-16-40-36)17-34(43)41(3)20-28-8-9-29(28)21-42-22-37(14-5-7-26-18-30(38)11-12-31(26)37)23-48-33-13-10-27(19-32(33)42)35(44)47-4/h6,10-13,15-16,18-19,24-25,28-29H,5,7-9,14,17,20-23H2,1-4H3/t24?,25?,28-,29-,37-/m0/s1. The summed E-state index contributed by atoms with van der Waals surface area (Å²) in [6.45, 7) is 6.00. The molecule has 2 aliphatic carbocycles. The molecule has 10 nitrogen and oxygen atoms in total. The Balaban J connectivity index is 1.18. The van der Waals surface area contributed by atoms with Crippen molar-refractivity contribution in [2.45, 2.75) is 68.2 Å². The van der Waals surface area contributed by atoms with E-state index in [4.69, 9.17) is 21.1 Å². The molecule has 49 heavy (non-hydrogen) atoms. The summed E-state index contributed by atoms with van der Waals surface area (Å²) in [5.41, 5.74) is 3.64. The number of carbonyl (C=O) groups excluding carboxylic acids is 2. The molecular formula is C37H45ClN4O6S. The van der Waals surface area contributed by atoms with Gasteiger partial charge in [0.2, 0.25) is 20.9 Å². The molecule has 0 N–H and O–H groups in total. The fourth-order valence-corrected chi connectivity index (χ4v) is 9.37. The van der Waals surface area contributed by atoms with Gasteiger partial charge in [0.05, 0.1) is 30.2 Å². The van der Waals surface area contributed by atoms with E-state index < -0.39 is 27.0 Å². The highest BCUT2D eigenvalue weighted by molar-refractivity contribution is 7.91. The number of anilines is 1. The normalized spacial score (nSPS) is 22.8. The van der Waals surface area contributed by atoms with Gasteiger partial charge < -0.3 is 19.3 Å². The molecule has 2 aromatic carbocycles. The van der Waals surface area contributed by atoms with Crippen LogP contribution in [-0.2, 0) is 31.2 Å². The van der Waals surface area contributed by atoms with E-state index in [1.165, 1.54) is 30.6 Å². The van der Waals surface area contributed by atoms with Crippen LogP contribution in [0.1, 0.15) is 67.4 Å². The number of methoxy groups -OCH3 is 1. The Morgan fingerprint density at radius 2 is 1.88 bits per heavy atom. The number of aromatic nitrogens is 2. The summed E-state index contributed by atoms with van der Waals surface area (Å²) >= 11 is 6.42. The van der Waals surface area contributed by atoms with E-state index in [2.05, 4.69) is 27.0 Å². The second-order valence-corrected chi connectivity index (χ2v) is 16.7. The first-order chi connectivity index (χ1) is 23.4. The molecule has 1 aliphatic heterocycles. The summed E-state index contributed by atoms with van der Waals surface area (Å²) in [7, 11) is -0.575. The Labute approximate surface area is 294 Å². The minimum atomic E-state index is -3.77. The third-order valence-corrected chi connectivity index (χ3v) is 13.4. The lowest BCUT2D eigenvalue weighted by atomic mass is 9.69. The summed E-state index contributed by atoms with van der Waals surface area (Å²) in [6, 6.07) is 13.3. The van der Waals surface area contributed by atoms with Gasteiger partial charge in [0, 0.05) is 55.9 Å². The number of hydrogen-bond acceptors (Lipinski definition) is 9. The van der Waals surface area contributed by atoms with Gasteiger partial charge in [0.1, 0.15) is 5.75 Å². The number of benzene rings is 2. The molecule has 2 heterocycles. The number of ether oxygens (including phenoxy) is 2. The summed E-state index contributed by atoms with van der Waals surface area (Å²) in [6.07, 6.45) is 7.94. The average molecular weight is 709 g/mol. The fraction of sp³-hybridized carbons (Fsp3) is 0.514. The zero-order valence-corrected chi connectivity index (χ0v) is 30.2. The fourth-order valence-electron chi connectivity index (χ4n) is 7.72. The van der Waals surface area contributed by atoms with Gasteiger partial charge in [0.25, 0.3) is 0 Å². The number of hydrogen-bond donors (Lipinski definition) is 0. The van der Waals surface area contributed by atoms with Crippen LogP contribution in [0.3, 0.4) is 0 Å². The Hall–Kier alpha value is -3.70. The van der Waals surface area contributed by atoms with Gasteiger partial charge in [-0.05, 0) is 104 Å². The maximum atomic E-state index is 13.4. The number of nitrogens with zero attached hydrogens (tertiary/aromatic N) is 4. The zero-order valence-electron chi connectivity index (χ0n) is 28.6. The Morgan fingerprint density at radius 3 is 2.59 bits per heavy atom. The lowest BCUT2D eigenvalue weighted by Gasteiger charge is -2.45. The smallest absolute Gasteiger partial charge is 0.337 e. The van der Waals surface area contributed by atoms with Crippen molar-refractivity contribution < 1.29 is 27.5 Å². The number of rotatable bonds is 10. The second-order valence-electron chi connectivity index (χ2n) is 14.1. The first kappa shape index (κ1) is 35.1. The number of halogens is 1. The van der Waals surface area contributed by atoms with Gasteiger partial charge >= 0.3 is 5.97 Å². The third kappa shape index (κ3) is 7.15. The summed E-state index contributed by atoms with van der Waals surface area (Å²) in [5, 5.41) is -0.286. The molecule has 1 fully saturated rings. The average Bonchev–Trinajstić information content (AvgIpc) is 3.25. The van der Waals surface area contributed by atoms with Crippen molar-refractivity contribution >= 4 is 39.0 Å². The van der Waals surface area contributed by atoms with Crippen LogP contribution in [0.25, 0.3) is 0 Å². The maximum Gasteiger partial charge on any atom is 0.337 e. The van der Waals surface area contributed by atoms with Gasteiger partial charge in [0.15, 0.2) is 0 Å². The first-order valence-electron chi connectivity index (χ1n) is 17.1. The van der Waals surface area contributed by atoms with Crippen molar-refractivity contribution in [3.8, 4) is 5.75 Å². The number of esters is 1. The molecule has 6 rings (SSSR count). The third-order valence-electron chi connectivity index (χ3n) is 11.0. The highest BCUT2D eigenvalue weighted by Crippen LogP contribution is 2.46. The minimum absolute atomic E-state index is 0.0816. The lowest BCUT2D eigenvalue weighted by Crippen LogP contribution is -2.49. The summed E-state index contributed by atoms with van der Waals surface area (Å²) in [4.78, 5) is 38.0. The molecule has 0 saturated heterocycles. The summed E-state index contributed by atoms with van der Waals surface area (Å²) in [5.74, 6) is 0.458. The summed E-state index contributed by atoms with van der Waals surface area (Å²) < 4.78 is 37.8. The molecule has 3 aromatic rings. The van der Waals surface area contributed by atoms with E-state index in [9.17, 15) is 18.0 Å². The number of carbonyl (C=O) groups is 2. The van der Waals surface area contributed by atoms with Crippen LogP contribution in [0.5, 0.6) is 5.75 Å². The van der Waals surface area contributed by atoms with E-state index in [0.29, 0.717) is 24.6 Å². The Morgan fingerprint density at radius 1 is 1.12 bits per heavy atom. The van der Waals surface area contributed by atoms with E-state index >= 15 is 0 Å². The Kier molecular flexibility index (Phi) is 10.2. The molecule has 1 amide bonds. The van der Waals surface area contributed by atoms with E-state index in [0.717, 1.165) is 61.7 Å². The van der Waals surface area contributed by atoms with Crippen LogP contribution < -0.4 is 9.64 Å². The van der Waals surface area contributed by atoms with Gasteiger partial charge in [-0.15, -0.1) is 0 Å². The molecule has 2 unspecified atom stereocenters. The number of sulfone groups is 1. The van der Waals surface area contributed by atoms with E-state index in [1.54, 1.807) is 37.9 Å². The SMILES string of the molecule is COC(=O)c1ccc2c(c1)N(C[C@@H]1CC[C@H]1CN(C)C(=O)CC(C)C(C)S(=O)(=O)c1ncccn1)C[C@@]1(CCCc3cc(Cl)ccc31)CO2. The van der Waals surface area contributed by atoms with Gasteiger partial charge in [-0.2, -0.15) is 0 Å². The van der Waals surface area contributed by atoms with E-state index in [1.807, 2.05) is 18.2 Å². The monoisotopic (exact) mass is 708 g/mol. The van der Waals surface area contributed by atoms with Crippen LogP contribution in [0, 0.1) is 17.8 Å². The van der Waals surface area contributed by atoms with Crippen molar-refractivity contribution in [2.24, 2.45) is 17.8 Å². The van der Waals surface area contributed by atoms with Gasteiger partial charge in [-0.25, -0.2) is 23.2 Å². The first-order valence-corrected chi connectivity index (χ1v) is 19.0. The topological polar surface area (TPSA) is 119 Å². The van der Waals surface area contributed by atoms with Crippen molar-refractivity contribution in [1.29, 1.82) is 0 Å². The zero-order chi connectivity index (χ0) is 34.9. The van der Waals surface area contributed by atoms with Crippen LogP contribution >= 0.6 is 11.6 Å². The molecule has 1 saturated carbocycles. The predicted octanol–water partition coefficient (Wildman–Crippen LogP) is 5.76. The molecule has 0 bridgehead atoms. The molecule has 262 valence electrons. The van der Waals surface area contributed by atoms with Gasteiger partial charge in [-0.3, -0.25) is 4.79 Å². The molecule has 5 atom stereocenters. The molecule has 0 radical (unpaired) electrons. The largest absolute Gasteiger partial charge is 0.490 e. The van der Waals surface area contributed by atoms with Crippen molar-refractivity contribution in [1.82, 2.24) is 14.9 Å². The van der Waals surface area contributed by atoms with Crippen LogP contribution in [0.15, 0.2) is 60.0 Å². The molecular weight excluding hydrogens is 664 g/mol. The second kappa shape index (κ2) is 14.3. The molecule has 3 aliphatic rings. The van der Waals surface area contributed by atoms with Gasteiger partial charge in [-0.1, -0.05) is 24.6 Å². The van der Waals surface area contributed by atoms with Crippen molar-refractivity contribution in [3.63, 3.8) is 0 Å². The minimum Gasteiger partial charge on any atom is -0.490 e. The molecule has 12 heteroatoms. The predicted molar refractivity (Wildman–Crippen MR) is 188 cm³/mol.